The first kappa shape index (κ1) is 20.3. The monoisotopic (exact) mass is 419 g/mol. The zero-order valence-corrected chi connectivity index (χ0v) is 16.9. The van der Waals surface area contributed by atoms with Crippen LogP contribution in [0.15, 0.2) is 47.3 Å². The van der Waals surface area contributed by atoms with Gasteiger partial charge in [-0.05, 0) is 60.4 Å². The van der Waals surface area contributed by atoms with Crippen LogP contribution in [0.1, 0.15) is 31.2 Å². The fraction of sp³-hybridized carbons (Fsp3) is 0.217. The predicted octanol–water partition coefficient (Wildman–Crippen LogP) is 3.15. The Bertz CT molecular complexity index is 1280. The summed E-state index contributed by atoms with van der Waals surface area (Å²) in [5, 5.41) is 11.5. The highest BCUT2D eigenvalue weighted by molar-refractivity contribution is 6.36. The number of anilines is 1. The molecule has 31 heavy (non-hydrogen) atoms. The van der Waals surface area contributed by atoms with Crippen LogP contribution in [0, 0.1) is 0 Å². The fourth-order valence-corrected chi connectivity index (χ4v) is 3.53. The van der Waals surface area contributed by atoms with E-state index in [9.17, 15) is 14.4 Å². The molecule has 1 aromatic heterocycles. The Morgan fingerprint density at radius 1 is 1.26 bits per heavy atom. The van der Waals surface area contributed by atoms with E-state index in [0.29, 0.717) is 36.3 Å². The summed E-state index contributed by atoms with van der Waals surface area (Å²) in [5.41, 5.74) is 2.37. The second kappa shape index (κ2) is 8.43. The van der Waals surface area contributed by atoms with Gasteiger partial charge in [0.25, 0.3) is 5.56 Å². The van der Waals surface area contributed by atoms with E-state index in [4.69, 9.17) is 9.84 Å². The maximum atomic E-state index is 12.9. The number of nitrogens with one attached hydrogen (secondary N) is 1. The fourth-order valence-electron chi connectivity index (χ4n) is 3.53. The predicted molar refractivity (Wildman–Crippen MR) is 117 cm³/mol. The molecule has 2 N–H and O–H groups in total. The van der Waals surface area contributed by atoms with E-state index < -0.39 is 11.9 Å². The van der Waals surface area contributed by atoms with E-state index in [0.717, 1.165) is 23.3 Å². The zero-order valence-electron chi connectivity index (χ0n) is 16.9. The molecule has 2 heterocycles. The third kappa shape index (κ3) is 4.18. The Balaban J connectivity index is 1.72. The zero-order chi connectivity index (χ0) is 22.0. The summed E-state index contributed by atoms with van der Waals surface area (Å²) >= 11 is 0. The molecular weight excluding hydrogens is 398 g/mol. The highest BCUT2D eigenvalue weighted by atomic mass is 16.5. The Morgan fingerprint density at radius 3 is 2.87 bits per heavy atom. The first-order valence-electron chi connectivity index (χ1n) is 9.99. The summed E-state index contributed by atoms with van der Waals surface area (Å²) in [5.74, 6) is -1.38. The summed E-state index contributed by atoms with van der Waals surface area (Å²) in [4.78, 5) is 39.8. The lowest BCUT2D eigenvalue weighted by Gasteiger charge is -2.08. The number of carbonyl (C=O) groups is 2. The molecule has 2 aromatic carbocycles. The number of allylic oxidation sites excluding steroid dienone is 1. The van der Waals surface area contributed by atoms with Crippen molar-refractivity contribution in [3.63, 3.8) is 0 Å². The van der Waals surface area contributed by atoms with Gasteiger partial charge in [-0.25, -0.2) is 9.78 Å². The van der Waals surface area contributed by atoms with Crippen LogP contribution >= 0.6 is 0 Å². The molecule has 1 aliphatic heterocycles. The van der Waals surface area contributed by atoms with Crippen molar-refractivity contribution in [1.82, 2.24) is 9.55 Å². The third-order valence-corrected chi connectivity index (χ3v) is 4.97. The minimum atomic E-state index is -1.59. The maximum Gasteiger partial charge on any atom is 0.394 e. The Hall–Kier alpha value is -3.94. The molecule has 0 unspecified atom stereocenters. The normalized spacial score (nSPS) is 13.9. The van der Waals surface area contributed by atoms with Crippen molar-refractivity contribution in [3.05, 3.63) is 64.2 Å². The van der Waals surface area contributed by atoms with Gasteiger partial charge in [0, 0.05) is 12.2 Å². The lowest BCUT2D eigenvalue weighted by molar-refractivity contribution is -0.147. The van der Waals surface area contributed by atoms with Gasteiger partial charge in [-0.15, -0.1) is 0 Å². The lowest BCUT2D eigenvalue weighted by atomic mass is 10.1. The highest BCUT2D eigenvalue weighted by Gasteiger charge is 2.21. The molecule has 3 aromatic rings. The molecule has 0 fully saturated rings. The van der Waals surface area contributed by atoms with Gasteiger partial charge in [0.15, 0.2) is 0 Å². The van der Waals surface area contributed by atoms with Crippen LogP contribution in [0.4, 0.5) is 5.69 Å². The summed E-state index contributed by atoms with van der Waals surface area (Å²) < 4.78 is 7.33. The largest absolute Gasteiger partial charge is 0.494 e. The Morgan fingerprint density at radius 2 is 2.10 bits per heavy atom. The van der Waals surface area contributed by atoms with Gasteiger partial charge in [0.05, 0.1) is 17.5 Å². The van der Waals surface area contributed by atoms with Crippen molar-refractivity contribution in [2.45, 2.75) is 26.3 Å². The van der Waals surface area contributed by atoms with Gasteiger partial charge >= 0.3 is 11.9 Å². The van der Waals surface area contributed by atoms with Crippen molar-refractivity contribution in [2.24, 2.45) is 0 Å². The average molecular weight is 419 g/mol. The van der Waals surface area contributed by atoms with Crippen LogP contribution in [-0.4, -0.2) is 33.1 Å². The number of hydrogen-bond acceptors (Lipinski definition) is 5. The van der Waals surface area contributed by atoms with Crippen molar-refractivity contribution in [3.8, 4) is 5.75 Å². The lowest BCUT2D eigenvalue weighted by Crippen LogP contribution is -2.23. The van der Waals surface area contributed by atoms with Crippen LogP contribution in [-0.2, 0) is 16.1 Å². The quantitative estimate of drug-likeness (QED) is 0.615. The number of benzene rings is 2. The van der Waals surface area contributed by atoms with Crippen molar-refractivity contribution >= 4 is 40.1 Å². The number of hydrogen-bond donors (Lipinski definition) is 2. The second-order valence-corrected chi connectivity index (χ2v) is 7.22. The Labute approximate surface area is 177 Å². The van der Waals surface area contributed by atoms with Crippen molar-refractivity contribution < 1.29 is 19.4 Å². The molecule has 0 aliphatic carbocycles. The number of carboxylic acids is 1. The highest BCUT2D eigenvalue weighted by Crippen LogP contribution is 2.29. The molecule has 8 heteroatoms. The van der Waals surface area contributed by atoms with Crippen LogP contribution in [0.25, 0.3) is 22.6 Å². The smallest absolute Gasteiger partial charge is 0.394 e. The number of rotatable bonds is 5. The summed E-state index contributed by atoms with van der Waals surface area (Å²) in [6, 6.07) is 12.3. The minimum absolute atomic E-state index is 0.167. The van der Waals surface area contributed by atoms with Gasteiger partial charge in [0.2, 0.25) is 0 Å². The molecule has 0 radical (unpaired) electrons. The number of aromatic nitrogens is 2. The van der Waals surface area contributed by atoms with E-state index in [2.05, 4.69) is 10.3 Å². The number of aliphatic carboxylic acids is 1. The molecule has 1 aliphatic rings. The summed E-state index contributed by atoms with van der Waals surface area (Å²) in [6.45, 7) is 3.23. The Kier molecular flexibility index (Phi) is 5.53. The van der Waals surface area contributed by atoms with Gasteiger partial charge < -0.3 is 15.2 Å². The molecule has 0 bridgehead atoms. The molecule has 4 rings (SSSR count). The van der Waals surface area contributed by atoms with E-state index in [1.54, 1.807) is 10.6 Å². The average Bonchev–Trinajstić information content (AvgIpc) is 3.15. The van der Waals surface area contributed by atoms with Crippen LogP contribution in [0.5, 0.6) is 5.75 Å². The number of carbonyl (C=O) groups excluding carboxylic acids is 1. The molecule has 0 atom stereocenters. The van der Waals surface area contributed by atoms with Crippen LogP contribution in [0.2, 0.25) is 0 Å². The molecular formula is C23H21N3O5. The number of nitrogens with zero attached hydrogens (tertiary/aromatic N) is 2. The third-order valence-electron chi connectivity index (χ3n) is 4.97. The standard InChI is InChI=1S/C23H21N3O5/c1-2-10-31-17-5-3-4-14(12-17)11-15-8-9-26-20(15)25-19-13-16(24-21(27)23(29)30)6-7-18(19)22(26)28/h3-7,11-13H,2,8-10H2,1H3,(H,24,27)(H,29,30)/b15-11-. The van der Waals surface area contributed by atoms with E-state index >= 15 is 0 Å². The SMILES string of the molecule is CCCOc1cccc(/C=C2/CCn3c2nc2cc(NC(=O)C(=O)O)ccc2c3=O)c1. The molecule has 8 nitrogen and oxygen atoms in total. The van der Waals surface area contributed by atoms with Crippen LogP contribution < -0.4 is 15.6 Å². The van der Waals surface area contributed by atoms with Gasteiger partial charge in [-0.1, -0.05) is 19.1 Å². The molecule has 0 saturated heterocycles. The summed E-state index contributed by atoms with van der Waals surface area (Å²) in [6.07, 6.45) is 3.58. The molecule has 0 saturated carbocycles. The topological polar surface area (TPSA) is 111 Å². The van der Waals surface area contributed by atoms with Crippen molar-refractivity contribution in [2.75, 3.05) is 11.9 Å². The number of amides is 1. The molecule has 158 valence electrons. The molecule has 1 amide bonds. The van der Waals surface area contributed by atoms with Crippen molar-refractivity contribution in [1.29, 1.82) is 0 Å². The maximum absolute atomic E-state index is 12.9. The van der Waals surface area contributed by atoms with E-state index in [1.807, 2.05) is 37.3 Å². The number of ether oxygens (including phenoxy) is 1. The number of fused-ring (bicyclic) bond motifs is 2. The van der Waals surface area contributed by atoms with Gasteiger partial charge in [-0.3, -0.25) is 14.2 Å². The van der Waals surface area contributed by atoms with Crippen LogP contribution in [0.3, 0.4) is 0 Å². The first-order valence-corrected chi connectivity index (χ1v) is 9.99. The first-order chi connectivity index (χ1) is 15.0. The second-order valence-electron chi connectivity index (χ2n) is 7.22. The summed E-state index contributed by atoms with van der Waals surface area (Å²) in [7, 11) is 0. The van der Waals surface area contributed by atoms with Gasteiger partial charge in [0.1, 0.15) is 11.6 Å². The van der Waals surface area contributed by atoms with E-state index in [-0.39, 0.29) is 11.2 Å². The molecule has 0 spiro atoms. The number of carboxylic acid groups (broad SMARTS) is 1. The minimum Gasteiger partial charge on any atom is -0.494 e. The van der Waals surface area contributed by atoms with E-state index in [1.165, 1.54) is 12.1 Å². The van der Waals surface area contributed by atoms with Gasteiger partial charge in [-0.2, -0.15) is 0 Å².